The van der Waals surface area contributed by atoms with E-state index in [4.69, 9.17) is 0 Å². The molecule has 4 nitrogen and oxygen atoms in total. The van der Waals surface area contributed by atoms with Crippen LogP contribution in [-0.4, -0.2) is 25.4 Å². The number of hydrogen-bond donors (Lipinski definition) is 2. The molecule has 1 aromatic rings. The Labute approximate surface area is 82.3 Å². The first kappa shape index (κ1) is 10.2. The molecule has 0 fully saturated rings. The van der Waals surface area contributed by atoms with Crippen molar-refractivity contribution >= 4 is 12.3 Å². The van der Waals surface area contributed by atoms with Crippen LogP contribution in [-0.2, 0) is 4.79 Å². The van der Waals surface area contributed by atoms with Gasteiger partial charge in [-0.3, -0.25) is 9.59 Å². The van der Waals surface area contributed by atoms with Crippen LogP contribution in [0.2, 0.25) is 0 Å². The first-order valence-corrected chi connectivity index (χ1v) is 4.35. The molecule has 0 atom stereocenters. The standard InChI is InChI=1S/C10H12N2O2/c13-8-11-6-7-12-10(14)9-4-2-1-3-5-9/h1-5,8H,6-7H2,(H,11,13)(H,12,14). The van der Waals surface area contributed by atoms with Crippen LogP contribution < -0.4 is 10.6 Å². The van der Waals surface area contributed by atoms with Gasteiger partial charge in [-0.05, 0) is 12.1 Å². The van der Waals surface area contributed by atoms with Gasteiger partial charge in [0.25, 0.3) is 5.91 Å². The second-order valence-corrected chi connectivity index (χ2v) is 2.69. The molecule has 14 heavy (non-hydrogen) atoms. The fourth-order valence-electron chi connectivity index (χ4n) is 0.999. The number of hydrogen-bond acceptors (Lipinski definition) is 2. The predicted molar refractivity (Wildman–Crippen MR) is 52.8 cm³/mol. The van der Waals surface area contributed by atoms with E-state index in [0.29, 0.717) is 25.1 Å². The van der Waals surface area contributed by atoms with Crippen LogP contribution >= 0.6 is 0 Å². The summed E-state index contributed by atoms with van der Waals surface area (Å²) in [4.78, 5) is 21.3. The minimum atomic E-state index is -0.127. The van der Waals surface area contributed by atoms with Gasteiger partial charge in [0.15, 0.2) is 0 Å². The molecule has 74 valence electrons. The Morgan fingerprint density at radius 1 is 1.21 bits per heavy atom. The van der Waals surface area contributed by atoms with Crippen molar-refractivity contribution in [3.8, 4) is 0 Å². The van der Waals surface area contributed by atoms with Crippen LogP contribution in [0, 0.1) is 0 Å². The molecule has 0 heterocycles. The Kier molecular flexibility index (Phi) is 4.20. The van der Waals surface area contributed by atoms with Gasteiger partial charge >= 0.3 is 0 Å². The third-order valence-corrected chi connectivity index (χ3v) is 1.67. The summed E-state index contributed by atoms with van der Waals surface area (Å²) in [5, 5.41) is 5.13. The summed E-state index contributed by atoms with van der Waals surface area (Å²) in [5.74, 6) is -0.127. The second kappa shape index (κ2) is 5.75. The van der Waals surface area contributed by atoms with E-state index >= 15 is 0 Å². The zero-order valence-corrected chi connectivity index (χ0v) is 7.69. The fourth-order valence-corrected chi connectivity index (χ4v) is 0.999. The maximum Gasteiger partial charge on any atom is 0.251 e. The van der Waals surface area contributed by atoms with Crippen molar-refractivity contribution in [1.29, 1.82) is 0 Å². The number of benzene rings is 1. The van der Waals surface area contributed by atoms with Gasteiger partial charge in [0.05, 0.1) is 0 Å². The average molecular weight is 192 g/mol. The monoisotopic (exact) mass is 192 g/mol. The van der Waals surface area contributed by atoms with Crippen molar-refractivity contribution in [2.75, 3.05) is 13.1 Å². The molecule has 2 amide bonds. The molecule has 0 saturated heterocycles. The summed E-state index contributed by atoms with van der Waals surface area (Å²) < 4.78 is 0. The highest BCUT2D eigenvalue weighted by molar-refractivity contribution is 5.94. The highest BCUT2D eigenvalue weighted by Gasteiger charge is 2.01. The fraction of sp³-hybridized carbons (Fsp3) is 0.200. The molecule has 0 aliphatic carbocycles. The van der Waals surface area contributed by atoms with Crippen LogP contribution in [0.1, 0.15) is 10.4 Å². The molecule has 2 N–H and O–H groups in total. The number of nitrogens with one attached hydrogen (secondary N) is 2. The van der Waals surface area contributed by atoms with Crippen molar-refractivity contribution in [3.05, 3.63) is 35.9 Å². The third kappa shape index (κ3) is 3.26. The Morgan fingerprint density at radius 2 is 1.93 bits per heavy atom. The maximum atomic E-state index is 11.4. The zero-order valence-electron chi connectivity index (χ0n) is 7.69. The van der Waals surface area contributed by atoms with Crippen LogP contribution in [0.5, 0.6) is 0 Å². The predicted octanol–water partition coefficient (Wildman–Crippen LogP) is 0.162. The number of carbonyl (C=O) groups is 2. The molecule has 0 bridgehead atoms. The van der Waals surface area contributed by atoms with E-state index in [1.807, 2.05) is 6.07 Å². The smallest absolute Gasteiger partial charge is 0.251 e. The molecular weight excluding hydrogens is 180 g/mol. The SMILES string of the molecule is O=CNCCNC(=O)c1ccccc1. The normalized spacial score (nSPS) is 9.14. The third-order valence-electron chi connectivity index (χ3n) is 1.67. The maximum absolute atomic E-state index is 11.4. The molecular formula is C10H12N2O2. The van der Waals surface area contributed by atoms with Crippen molar-refractivity contribution < 1.29 is 9.59 Å². The van der Waals surface area contributed by atoms with E-state index in [9.17, 15) is 9.59 Å². The highest BCUT2D eigenvalue weighted by atomic mass is 16.1. The van der Waals surface area contributed by atoms with Gasteiger partial charge in [0.1, 0.15) is 0 Å². The number of amides is 2. The molecule has 0 aliphatic heterocycles. The van der Waals surface area contributed by atoms with Gasteiger partial charge in [0.2, 0.25) is 6.41 Å². The quantitative estimate of drug-likeness (QED) is 0.516. The number of carbonyl (C=O) groups excluding carboxylic acids is 2. The van der Waals surface area contributed by atoms with Crippen LogP contribution in [0.25, 0.3) is 0 Å². The molecule has 0 aliphatic rings. The molecule has 0 unspecified atom stereocenters. The topological polar surface area (TPSA) is 58.2 Å². The van der Waals surface area contributed by atoms with Gasteiger partial charge in [-0.2, -0.15) is 0 Å². The van der Waals surface area contributed by atoms with E-state index in [1.165, 1.54) is 0 Å². The minimum Gasteiger partial charge on any atom is -0.357 e. The Hall–Kier alpha value is -1.84. The summed E-state index contributed by atoms with van der Waals surface area (Å²) in [7, 11) is 0. The lowest BCUT2D eigenvalue weighted by molar-refractivity contribution is -0.109. The molecule has 0 aromatic heterocycles. The van der Waals surface area contributed by atoms with Crippen molar-refractivity contribution in [2.24, 2.45) is 0 Å². The zero-order chi connectivity index (χ0) is 10.2. The second-order valence-electron chi connectivity index (χ2n) is 2.69. The summed E-state index contributed by atoms with van der Waals surface area (Å²) >= 11 is 0. The molecule has 4 heteroatoms. The molecule has 1 aromatic carbocycles. The molecule has 0 spiro atoms. The van der Waals surface area contributed by atoms with Gasteiger partial charge in [0, 0.05) is 18.7 Å². The van der Waals surface area contributed by atoms with Gasteiger partial charge in [-0.25, -0.2) is 0 Å². The van der Waals surface area contributed by atoms with Gasteiger partial charge in [-0.1, -0.05) is 18.2 Å². The van der Waals surface area contributed by atoms with E-state index < -0.39 is 0 Å². The summed E-state index contributed by atoms with van der Waals surface area (Å²) in [6, 6.07) is 8.94. The van der Waals surface area contributed by atoms with E-state index in [1.54, 1.807) is 24.3 Å². The Balaban J connectivity index is 2.32. The lowest BCUT2D eigenvalue weighted by Crippen LogP contribution is -2.31. The van der Waals surface area contributed by atoms with E-state index in [2.05, 4.69) is 10.6 Å². The Morgan fingerprint density at radius 3 is 2.57 bits per heavy atom. The highest BCUT2D eigenvalue weighted by Crippen LogP contribution is 1.96. The first-order chi connectivity index (χ1) is 6.84. The van der Waals surface area contributed by atoms with Crippen LogP contribution in [0.3, 0.4) is 0 Å². The minimum absolute atomic E-state index is 0.127. The lowest BCUT2D eigenvalue weighted by atomic mass is 10.2. The first-order valence-electron chi connectivity index (χ1n) is 4.35. The largest absolute Gasteiger partial charge is 0.357 e. The van der Waals surface area contributed by atoms with Crippen molar-refractivity contribution in [1.82, 2.24) is 10.6 Å². The van der Waals surface area contributed by atoms with Crippen molar-refractivity contribution in [2.45, 2.75) is 0 Å². The summed E-state index contributed by atoms with van der Waals surface area (Å²) in [5.41, 5.74) is 0.624. The van der Waals surface area contributed by atoms with Gasteiger partial charge < -0.3 is 10.6 Å². The summed E-state index contributed by atoms with van der Waals surface area (Å²) in [6.45, 7) is 0.883. The van der Waals surface area contributed by atoms with E-state index in [0.717, 1.165) is 0 Å². The van der Waals surface area contributed by atoms with Crippen molar-refractivity contribution in [3.63, 3.8) is 0 Å². The molecule has 0 radical (unpaired) electrons. The summed E-state index contributed by atoms with van der Waals surface area (Å²) in [6.07, 6.45) is 0.606. The average Bonchev–Trinajstić information content (AvgIpc) is 2.25. The molecule has 0 saturated carbocycles. The molecule has 1 rings (SSSR count). The Bertz CT molecular complexity index is 298. The lowest BCUT2D eigenvalue weighted by Gasteiger charge is -2.03. The van der Waals surface area contributed by atoms with Crippen LogP contribution in [0.4, 0.5) is 0 Å². The van der Waals surface area contributed by atoms with Gasteiger partial charge in [-0.15, -0.1) is 0 Å². The van der Waals surface area contributed by atoms with Crippen LogP contribution in [0.15, 0.2) is 30.3 Å². The van der Waals surface area contributed by atoms with E-state index in [-0.39, 0.29) is 5.91 Å². The number of rotatable bonds is 5.